The van der Waals surface area contributed by atoms with E-state index in [2.05, 4.69) is 11.9 Å². The Balaban J connectivity index is 2.37. The van der Waals surface area contributed by atoms with Crippen molar-refractivity contribution in [2.75, 3.05) is 4.90 Å². The number of allylic oxidation sites excluding steroid dienone is 2. The van der Waals surface area contributed by atoms with Gasteiger partial charge in [-0.15, -0.1) is 0 Å². The third-order valence-corrected chi connectivity index (χ3v) is 3.64. The first-order valence-electron chi connectivity index (χ1n) is 6.79. The fraction of sp³-hybridized carbons (Fsp3) is 0.188. The van der Waals surface area contributed by atoms with Crippen molar-refractivity contribution < 1.29 is 9.59 Å². The largest absolute Gasteiger partial charge is 0.298 e. The zero-order valence-corrected chi connectivity index (χ0v) is 13.6. The molecule has 1 aliphatic rings. The van der Waals surface area contributed by atoms with Gasteiger partial charge in [0.05, 0.1) is 5.69 Å². The van der Waals surface area contributed by atoms with Crippen molar-refractivity contribution in [3.63, 3.8) is 0 Å². The predicted octanol–water partition coefficient (Wildman–Crippen LogP) is 3.37. The van der Waals surface area contributed by atoms with Crippen molar-refractivity contribution in [2.45, 2.75) is 19.8 Å². The number of hydrogen-bond acceptors (Lipinski definition) is 3. The van der Waals surface area contributed by atoms with Crippen LogP contribution in [0.5, 0.6) is 0 Å². The van der Waals surface area contributed by atoms with Crippen molar-refractivity contribution >= 4 is 46.4 Å². The van der Waals surface area contributed by atoms with Crippen LogP contribution in [-0.2, 0) is 9.59 Å². The lowest BCUT2D eigenvalue weighted by molar-refractivity contribution is -0.122. The number of rotatable bonds is 4. The molecule has 114 valence electrons. The highest BCUT2D eigenvalue weighted by molar-refractivity contribution is 7.80. The number of benzene rings is 1. The molecule has 0 radical (unpaired) electrons. The average Bonchev–Trinajstić information content (AvgIpc) is 2.45. The molecule has 22 heavy (non-hydrogen) atoms. The molecule has 6 heteroatoms. The topological polar surface area (TPSA) is 49.4 Å². The number of amides is 2. The fourth-order valence-electron chi connectivity index (χ4n) is 2.08. The normalized spacial score (nSPS) is 16.9. The summed E-state index contributed by atoms with van der Waals surface area (Å²) < 4.78 is 0. The number of carbonyl (C=O) groups excluding carboxylic acids is 2. The molecule has 1 N–H and O–H groups in total. The minimum Gasteiger partial charge on any atom is -0.298 e. The van der Waals surface area contributed by atoms with Crippen molar-refractivity contribution in [2.24, 2.45) is 0 Å². The van der Waals surface area contributed by atoms with Crippen LogP contribution < -0.4 is 10.2 Å². The quantitative estimate of drug-likeness (QED) is 0.522. The Morgan fingerprint density at radius 2 is 2.00 bits per heavy atom. The number of anilines is 1. The SMILES string of the molecule is C=C(/C=C1/C(=O)NC(=S)N(c2ccc(Cl)cc2)C1=O)CCC. The third-order valence-electron chi connectivity index (χ3n) is 3.11. The van der Waals surface area contributed by atoms with Gasteiger partial charge >= 0.3 is 0 Å². The molecule has 0 aromatic heterocycles. The molecule has 1 aromatic carbocycles. The molecule has 1 heterocycles. The molecule has 4 nitrogen and oxygen atoms in total. The lowest BCUT2D eigenvalue weighted by Gasteiger charge is -2.29. The van der Waals surface area contributed by atoms with Gasteiger partial charge in [-0.25, -0.2) is 0 Å². The van der Waals surface area contributed by atoms with Gasteiger partial charge in [-0.05, 0) is 49.0 Å². The van der Waals surface area contributed by atoms with Crippen LogP contribution in [0.2, 0.25) is 5.02 Å². The van der Waals surface area contributed by atoms with E-state index in [4.69, 9.17) is 23.8 Å². The van der Waals surface area contributed by atoms with Crippen LogP contribution in [-0.4, -0.2) is 16.9 Å². The zero-order valence-electron chi connectivity index (χ0n) is 12.1. The molecule has 1 saturated heterocycles. The van der Waals surface area contributed by atoms with Gasteiger partial charge in [0.2, 0.25) is 0 Å². The van der Waals surface area contributed by atoms with Crippen LogP contribution in [0.3, 0.4) is 0 Å². The smallest absolute Gasteiger partial charge is 0.270 e. The highest BCUT2D eigenvalue weighted by Crippen LogP contribution is 2.23. The van der Waals surface area contributed by atoms with E-state index in [-0.39, 0.29) is 10.7 Å². The van der Waals surface area contributed by atoms with E-state index in [1.54, 1.807) is 24.3 Å². The lowest BCUT2D eigenvalue weighted by Crippen LogP contribution is -2.54. The Labute approximate surface area is 139 Å². The van der Waals surface area contributed by atoms with Crippen LogP contribution in [0, 0.1) is 0 Å². The predicted molar refractivity (Wildman–Crippen MR) is 91.8 cm³/mol. The first kappa shape index (κ1) is 16.4. The number of nitrogens with zero attached hydrogens (tertiary/aromatic N) is 1. The third kappa shape index (κ3) is 3.43. The summed E-state index contributed by atoms with van der Waals surface area (Å²) in [4.78, 5) is 25.9. The van der Waals surface area contributed by atoms with Crippen LogP contribution in [0.15, 0.2) is 48.1 Å². The standard InChI is InChI=1S/C16H15ClN2O2S/c1-3-4-10(2)9-13-14(20)18-16(22)19(15(13)21)12-7-5-11(17)6-8-12/h5-9H,2-4H2,1H3,(H,18,20,22)/b13-9-. The highest BCUT2D eigenvalue weighted by atomic mass is 35.5. The van der Waals surface area contributed by atoms with Gasteiger partial charge in [-0.2, -0.15) is 0 Å². The Morgan fingerprint density at radius 1 is 1.36 bits per heavy atom. The second kappa shape index (κ2) is 6.85. The number of nitrogens with one attached hydrogen (secondary N) is 1. The van der Waals surface area contributed by atoms with Crippen LogP contribution in [0.25, 0.3) is 0 Å². The van der Waals surface area contributed by atoms with E-state index in [0.717, 1.165) is 18.4 Å². The minimum atomic E-state index is -0.502. The summed E-state index contributed by atoms with van der Waals surface area (Å²) in [5.41, 5.74) is 1.30. The van der Waals surface area contributed by atoms with Crippen LogP contribution >= 0.6 is 23.8 Å². The molecule has 0 spiro atoms. The van der Waals surface area contributed by atoms with Crippen molar-refractivity contribution in [1.29, 1.82) is 0 Å². The molecule has 0 unspecified atom stereocenters. The summed E-state index contributed by atoms with van der Waals surface area (Å²) in [7, 11) is 0. The molecule has 1 aromatic rings. The summed E-state index contributed by atoms with van der Waals surface area (Å²) in [6, 6.07) is 6.65. The maximum atomic E-state index is 12.6. The molecule has 2 amide bonds. The monoisotopic (exact) mass is 334 g/mol. The lowest BCUT2D eigenvalue weighted by atomic mass is 10.1. The van der Waals surface area contributed by atoms with Gasteiger partial charge in [0, 0.05) is 5.02 Å². The Bertz CT molecular complexity index is 680. The molecule has 1 fully saturated rings. The Morgan fingerprint density at radius 3 is 2.59 bits per heavy atom. The number of carbonyl (C=O) groups is 2. The average molecular weight is 335 g/mol. The summed E-state index contributed by atoms with van der Waals surface area (Å²) in [5.74, 6) is -0.967. The second-order valence-electron chi connectivity index (χ2n) is 4.84. The Hall–Kier alpha value is -1.98. The molecule has 1 aliphatic heterocycles. The van der Waals surface area contributed by atoms with Gasteiger partial charge < -0.3 is 0 Å². The maximum absolute atomic E-state index is 12.6. The van der Waals surface area contributed by atoms with Gasteiger partial charge in [0.1, 0.15) is 5.57 Å². The summed E-state index contributed by atoms with van der Waals surface area (Å²) in [5, 5.41) is 3.13. The summed E-state index contributed by atoms with van der Waals surface area (Å²) >= 11 is 11.0. The van der Waals surface area contributed by atoms with Crippen molar-refractivity contribution in [1.82, 2.24) is 5.32 Å². The molecular formula is C16H15ClN2O2S. The van der Waals surface area contributed by atoms with Gasteiger partial charge in [-0.3, -0.25) is 19.8 Å². The first-order chi connectivity index (χ1) is 10.4. The van der Waals surface area contributed by atoms with Gasteiger partial charge in [0.15, 0.2) is 5.11 Å². The fourth-order valence-corrected chi connectivity index (χ4v) is 2.49. The summed E-state index contributed by atoms with van der Waals surface area (Å²) in [6.45, 7) is 5.86. The van der Waals surface area contributed by atoms with E-state index in [9.17, 15) is 9.59 Å². The molecule has 0 aliphatic carbocycles. The molecule has 2 rings (SSSR count). The molecule has 0 bridgehead atoms. The molecule has 0 atom stereocenters. The van der Waals surface area contributed by atoms with Crippen LogP contribution in [0.1, 0.15) is 19.8 Å². The number of hydrogen-bond donors (Lipinski definition) is 1. The number of thiocarbonyl (C=S) groups is 1. The van der Waals surface area contributed by atoms with Crippen molar-refractivity contribution in [3.05, 3.63) is 53.1 Å². The molecule has 0 saturated carbocycles. The molecular weight excluding hydrogens is 320 g/mol. The minimum absolute atomic E-state index is 0.0296. The van der Waals surface area contributed by atoms with E-state index in [1.807, 2.05) is 6.92 Å². The van der Waals surface area contributed by atoms with Gasteiger partial charge in [-0.1, -0.05) is 37.1 Å². The van der Waals surface area contributed by atoms with Crippen LogP contribution in [0.4, 0.5) is 5.69 Å². The van der Waals surface area contributed by atoms with E-state index < -0.39 is 11.8 Å². The summed E-state index contributed by atoms with van der Waals surface area (Å²) in [6.07, 6.45) is 3.12. The number of halogens is 1. The Kier molecular flexibility index (Phi) is 5.11. The van der Waals surface area contributed by atoms with E-state index >= 15 is 0 Å². The van der Waals surface area contributed by atoms with E-state index in [1.165, 1.54) is 11.0 Å². The van der Waals surface area contributed by atoms with Crippen molar-refractivity contribution in [3.8, 4) is 0 Å². The highest BCUT2D eigenvalue weighted by Gasteiger charge is 2.34. The second-order valence-corrected chi connectivity index (χ2v) is 5.67. The zero-order chi connectivity index (χ0) is 16.3. The van der Waals surface area contributed by atoms with E-state index in [0.29, 0.717) is 10.7 Å². The van der Waals surface area contributed by atoms with Gasteiger partial charge in [0.25, 0.3) is 11.8 Å². The maximum Gasteiger partial charge on any atom is 0.270 e. The first-order valence-corrected chi connectivity index (χ1v) is 7.57.